The summed E-state index contributed by atoms with van der Waals surface area (Å²) < 4.78 is 1.04. The lowest BCUT2D eigenvalue weighted by atomic mass is 9.97. The van der Waals surface area contributed by atoms with Gasteiger partial charge in [-0.15, -0.1) is 0 Å². The van der Waals surface area contributed by atoms with Crippen LogP contribution >= 0.6 is 15.9 Å². The number of halogens is 1. The Morgan fingerprint density at radius 2 is 1.04 bits per heavy atom. The van der Waals surface area contributed by atoms with Gasteiger partial charge in [0.25, 0.3) is 0 Å². The van der Waals surface area contributed by atoms with E-state index in [9.17, 15) is 0 Å². The van der Waals surface area contributed by atoms with Gasteiger partial charge in [0, 0.05) is 10.2 Å². The Bertz CT molecular complexity index is 1270. The third-order valence-corrected chi connectivity index (χ3v) is 5.36. The first-order valence-electron chi connectivity index (χ1n) is 7.92. The van der Waals surface area contributed by atoms with Crippen molar-refractivity contribution in [1.82, 2.24) is 0 Å². The van der Waals surface area contributed by atoms with Gasteiger partial charge in [-0.25, -0.2) is 0 Å². The molecule has 114 valence electrons. The number of nitrogen functional groups attached to an aromatic ring is 1. The molecule has 0 aromatic heterocycles. The summed E-state index contributed by atoms with van der Waals surface area (Å²) in [6.45, 7) is 0. The SMILES string of the molecule is Nc1cc(Br)c2cc3cc4cc5ccccc5cc4cc3cc2c1. The van der Waals surface area contributed by atoms with Crippen molar-refractivity contribution >= 4 is 64.7 Å². The van der Waals surface area contributed by atoms with Gasteiger partial charge in [0.05, 0.1) is 0 Å². The van der Waals surface area contributed by atoms with E-state index in [4.69, 9.17) is 5.73 Å². The molecule has 0 fully saturated rings. The lowest BCUT2D eigenvalue weighted by Crippen LogP contribution is -1.86. The third-order valence-electron chi connectivity index (χ3n) is 4.70. The first kappa shape index (κ1) is 13.8. The van der Waals surface area contributed by atoms with Gasteiger partial charge in [0.15, 0.2) is 0 Å². The standard InChI is InChI=1S/C22H14BrN/c23-22-12-20(24)10-19-9-17-7-15-5-13-3-1-2-4-14(13)6-16(15)8-18(17)11-21(19)22/h1-12H,24H2. The minimum Gasteiger partial charge on any atom is -0.399 e. The van der Waals surface area contributed by atoms with E-state index in [1.165, 1.54) is 37.7 Å². The zero-order valence-electron chi connectivity index (χ0n) is 12.9. The molecule has 0 bridgehead atoms. The van der Waals surface area contributed by atoms with Crippen LogP contribution in [0.1, 0.15) is 0 Å². The topological polar surface area (TPSA) is 26.0 Å². The molecule has 0 aliphatic carbocycles. The van der Waals surface area contributed by atoms with Crippen LogP contribution in [0.25, 0.3) is 43.1 Å². The van der Waals surface area contributed by atoms with Crippen LogP contribution in [0.5, 0.6) is 0 Å². The van der Waals surface area contributed by atoms with Gasteiger partial charge in [0.1, 0.15) is 0 Å². The van der Waals surface area contributed by atoms with Crippen LogP contribution in [-0.2, 0) is 0 Å². The first-order valence-corrected chi connectivity index (χ1v) is 8.72. The highest BCUT2D eigenvalue weighted by Gasteiger charge is 2.06. The second-order valence-electron chi connectivity index (χ2n) is 6.32. The van der Waals surface area contributed by atoms with E-state index in [2.05, 4.69) is 76.6 Å². The molecule has 0 heterocycles. The molecule has 5 rings (SSSR count). The van der Waals surface area contributed by atoms with E-state index in [0.29, 0.717) is 0 Å². The molecule has 0 saturated carbocycles. The fraction of sp³-hybridized carbons (Fsp3) is 0. The molecule has 0 unspecified atom stereocenters. The molecule has 5 aromatic carbocycles. The van der Waals surface area contributed by atoms with Crippen LogP contribution in [0.2, 0.25) is 0 Å². The van der Waals surface area contributed by atoms with Crippen molar-refractivity contribution in [3.63, 3.8) is 0 Å². The maximum atomic E-state index is 5.99. The van der Waals surface area contributed by atoms with Crippen molar-refractivity contribution in [3.05, 3.63) is 77.3 Å². The Balaban J connectivity index is 1.91. The molecule has 0 aliphatic rings. The Kier molecular flexibility index (Phi) is 2.85. The van der Waals surface area contributed by atoms with Gasteiger partial charge in [-0.3, -0.25) is 0 Å². The lowest BCUT2D eigenvalue weighted by molar-refractivity contribution is 1.71. The van der Waals surface area contributed by atoms with Crippen molar-refractivity contribution in [2.75, 3.05) is 5.73 Å². The molecule has 0 amide bonds. The Hall–Kier alpha value is -2.58. The van der Waals surface area contributed by atoms with Crippen molar-refractivity contribution in [3.8, 4) is 0 Å². The fourth-order valence-corrected chi connectivity index (χ4v) is 4.14. The summed E-state index contributed by atoms with van der Waals surface area (Å²) in [6.07, 6.45) is 0. The summed E-state index contributed by atoms with van der Waals surface area (Å²) in [5, 5.41) is 9.93. The normalized spacial score (nSPS) is 11.7. The second-order valence-corrected chi connectivity index (χ2v) is 7.18. The molecule has 2 heteroatoms. The Morgan fingerprint density at radius 3 is 1.67 bits per heavy atom. The molecule has 24 heavy (non-hydrogen) atoms. The summed E-state index contributed by atoms with van der Waals surface area (Å²) in [5.74, 6) is 0. The average molecular weight is 372 g/mol. The number of benzene rings is 5. The molecular formula is C22H14BrN. The lowest BCUT2D eigenvalue weighted by Gasteiger charge is -2.08. The number of hydrogen-bond donors (Lipinski definition) is 1. The van der Waals surface area contributed by atoms with Crippen LogP contribution < -0.4 is 5.73 Å². The van der Waals surface area contributed by atoms with Crippen molar-refractivity contribution in [2.45, 2.75) is 0 Å². The molecule has 2 N–H and O–H groups in total. The van der Waals surface area contributed by atoms with Gasteiger partial charge in [-0.2, -0.15) is 0 Å². The number of rotatable bonds is 0. The van der Waals surface area contributed by atoms with E-state index in [0.717, 1.165) is 15.5 Å². The van der Waals surface area contributed by atoms with E-state index in [-0.39, 0.29) is 0 Å². The van der Waals surface area contributed by atoms with Crippen molar-refractivity contribution in [2.24, 2.45) is 0 Å². The largest absolute Gasteiger partial charge is 0.399 e. The number of hydrogen-bond acceptors (Lipinski definition) is 1. The Morgan fingerprint density at radius 1 is 0.542 bits per heavy atom. The van der Waals surface area contributed by atoms with E-state index >= 15 is 0 Å². The smallest absolute Gasteiger partial charge is 0.0331 e. The predicted molar refractivity (Wildman–Crippen MR) is 109 cm³/mol. The first-order chi connectivity index (χ1) is 11.7. The third kappa shape index (κ3) is 2.07. The van der Waals surface area contributed by atoms with Gasteiger partial charge in [-0.1, -0.05) is 40.2 Å². The average Bonchev–Trinajstić information content (AvgIpc) is 2.56. The van der Waals surface area contributed by atoms with Crippen LogP contribution in [-0.4, -0.2) is 0 Å². The molecule has 0 radical (unpaired) electrons. The maximum absolute atomic E-state index is 5.99. The van der Waals surface area contributed by atoms with Crippen molar-refractivity contribution < 1.29 is 0 Å². The number of anilines is 1. The summed E-state index contributed by atoms with van der Waals surface area (Å²) >= 11 is 3.64. The number of fused-ring (bicyclic) bond motifs is 4. The minimum atomic E-state index is 0.778. The summed E-state index contributed by atoms with van der Waals surface area (Å²) in [7, 11) is 0. The van der Waals surface area contributed by atoms with Gasteiger partial charge in [0.2, 0.25) is 0 Å². The molecule has 5 aromatic rings. The zero-order chi connectivity index (χ0) is 16.3. The maximum Gasteiger partial charge on any atom is 0.0331 e. The quantitative estimate of drug-likeness (QED) is 0.239. The van der Waals surface area contributed by atoms with Crippen LogP contribution in [0.4, 0.5) is 5.69 Å². The van der Waals surface area contributed by atoms with Crippen LogP contribution in [0.15, 0.2) is 77.3 Å². The molecular weight excluding hydrogens is 358 g/mol. The second kappa shape index (κ2) is 4.96. The van der Waals surface area contributed by atoms with Gasteiger partial charge in [-0.05, 0) is 91.6 Å². The highest BCUT2D eigenvalue weighted by Crippen LogP contribution is 2.33. The number of nitrogens with two attached hydrogens (primary N) is 1. The van der Waals surface area contributed by atoms with Crippen LogP contribution in [0.3, 0.4) is 0 Å². The molecule has 0 spiro atoms. The summed E-state index contributed by atoms with van der Waals surface area (Å²) in [5.41, 5.74) is 6.77. The molecule has 1 nitrogen and oxygen atoms in total. The molecule has 0 aliphatic heterocycles. The van der Waals surface area contributed by atoms with E-state index < -0.39 is 0 Å². The van der Waals surface area contributed by atoms with Gasteiger partial charge >= 0.3 is 0 Å². The summed E-state index contributed by atoms with van der Waals surface area (Å²) in [6, 6.07) is 26.0. The van der Waals surface area contributed by atoms with E-state index in [1.807, 2.05) is 12.1 Å². The highest BCUT2D eigenvalue weighted by atomic mass is 79.9. The zero-order valence-corrected chi connectivity index (χ0v) is 14.5. The van der Waals surface area contributed by atoms with Crippen LogP contribution in [0, 0.1) is 0 Å². The van der Waals surface area contributed by atoms with E-state index in [1.54, 1.807) is 0 Å². The Labute approximate surface area is 147 Å². The molecule has 0 atom stereocenters. The van der Waals surface area contributed by atoms with Crippen molar-refractivity contribution in [1.29, 1.82) is 0 Å². The molecule has 0 saturated heterocycles. The highest BCUT2D eigenvalue weighted by molar-refractivity contribution is 9.10. The minimum absolute atomic E-state index is 0.778. The monoisotopic (exact) mass is 371 g/mol. The summed E-state index contributed by atoms with van der Waals surface area (Å²) in [4.78, 5) is 0. The predicted octanol–water partition coefficient (Wildman–Crippen LogP) is 6.64. The fourth-order valence-electron chi connectivity index (χ4n) is 3.53. The van der Waals surface area contributed by atoms with Gasteiger partial charge < -0.3 is 5.73 Å².